The van der Waals surface area contributed by atoms with E-state index in [9.17, 15) is 18.7 Å². The van der Waals surface area contributed by atoms with E-state index in [4.69, 9.17) is 49.3 Å². The van der Waals surface area contributed by atoms with Gasteiger partial charge in [0.15, 0.2) is 35.0 Å². The summed E-state index contributed by atoms with van der Waals surface area (Å²) in [6.07, 6.45) is -4.99. The Hall–Kier alpha value is -5.00. The maximum atomic E-state index is 16.4. The van der Waals surface area contributed by atoms with Crippen molar-refractivity contribution in [1.29, 1.82) is 0 Å². The number of nitrogen functional groups attached to an aromatic ring is 2. The summed E-state index contributed by atoms with van der Waals surface area (Å²) in [6.45, 7) is -5.08. The molecule has 0 amide bonds. The van der Waals surface area contributed by atoms with E-state index in [1.807, 2.05) is 0 Å². The molecule has 59 heavy (non-hydrogen) atoms. The van der Waals surface area contributed by atoms with E-state index in [0.717, 1.165) is 22.3 Å². The minimum atomic E-state index is -4.26. The van der Waals surface area contributed by atoms with Gasteiger partial charge in [-0.1, -0.05) is 17.2 Å². The first-order valence-corrected chi connectivity index (χ1v) is 22.2. The van der Waals surface area contributed by atoms with Gasteiger partial charge < -0.3 is 34.7 Å². The minimum Gasteiger partial charge on any atom is -0.427 e. The number of esters is 1. The number of ether oxygens (including phenoxy) is 3. The average molecular weight is 878 g/mol. The van der Waals surface area contributed by atoms with Gasteiger partial charge in [0.25, 0.3) is 5.56 Å². The third kappa shape index (κ3) is 8.82. The smallest absolute Gasteiger partial charge is 0.389 e. The zero-order chi connectivity index (χ0) is 41.3. The van der Waals surface area contributed by atoms with Crippen LogP contribution >= 0.6 is 26.4 Å². The van der Waals surface area contributed by atoms with Crippen molar-refractivity contribution in [3.63, 3.8) is 0 Å². The van der Waals surface area contributed by atoms with Crippen molar-refractivity contribution in [3.05, 3.63) is 69.6 Å². The van der Waals surface area contributed by atoms with E-state index in [1.165, 1.54) is 12.7 Å². The fourth-order valence-electron chi connectivity index (χ4n) is 6.59. The van der Waals surface area contributed by atoms with E-state index >= 15 is 4.39 Å². The molecule has 0 radical (unpaired) electrons. The Balaban J connectivity index is 1.04. The maximum absolute atomic E-state index is 16.4. The Morgan fingerprint density at radius 3 is 2.69 bits per heavy atom. The molecule has 5 N–H and O–H groups in total. The van der Waals surface area contributed by atoms with Gasteiger partial charge in [-0.15, -0.1) is 0 Å². The molecule has 7 heterocycles. The lowest BCUT2D eigenvalue weighted by molar-refractivity contribution is -0.134. The van der Waals surface area contributed by atoms with E-state index in [-0.39, 0.29) is 53.8 Å². The van der Waals surface area contributed by atoms with Gasteiger partial charge >= 0.3 is 21.0 Å². The van der Waals surface area contributed by atoms with Gasteiger partial charge in [0.2, 0.25) is 5.95 Å². The van der Waals surface area contributed by atoms with Crippen LogP contribution < -0.4 is 21.8 Å². The standard InChI is InChI=1S/C31H34FN13O11P2S/c32-22-25-19(54-30(22)45-14-39-24-28(45)41-31(34)42-29(24)47)10-51-58(49,59-11-15-3-5-16(6-4-15)52-21(46)2-1-7-40-43-35)56-17-8-20(53-18(17)9-50-57(48)55-25)44-13-38-23-26(33)36-12-37-27(23)44/h3-6,12-14,17-20,22,25,30,57H,1-2,7-11H2,(H2,33,36,37)(H3,34,41,42,47)/t17-,18+,19+,20+,22+,25+,30+,58-/m0/s1. The number of rotatable bonds is 10. The van der Waals surface area contributed by atoms with Gasteiger partial charge in [-0.25, -0.2) is 28.9 Å². The maximum Gasteiger partial charge on any atom is 0.389 e. The second-order valence-corrected chi connectivity index (χ2v) is 18.3. The minimum absolute atomic E-state index is 0.0485. The highest BCUT2D eigenvalue weighted by Crippen LogP contribution is 2.64. The van der Waals surface area contributed by atoms with Gasteiger partial charge in [0.05, 0.1) is 25.9 Å². The lowest BCUT2D eigenvalue weighted by Crippen LogP contribution is -2.34. The van der Waals surface area contributed by atoms with Gasteiger partial charge in [0, 0.05) is 30.1 Å². The van der Waals surface area contributed by atoms with E-state index in [2.05, 4.69) is 39.9 Å². The van der Waals surface area contributed by atoms with Crippen LogP contribution in [-0.4, -0.2) is 95.4 Å². The monoisotopic (exact) mass is 877 g/mol. The number of azide groups is 1. The molecule has 3 saturated heterocycles. The molecule has 1 unspecified atom stereocenters. The highest BCUT2D eigenvalue weighted by molar-refractivity contribution is 8.54. The second kappa shape index (κ2) is 17.3. The number of carbonyl (C=O) groups is 1. The number of H-pyrrole nitrogens is 1. The molecular formula is C31H34FN13O11P2S. The third-order valence-electron chi connectivity index (χ3n) is 9.38. The molecule has 9 atom stereocenters. The van der Waals surface area contributed by atoms with Crippen molar-refractivity contribution >= 4 is 66.5 Å². The fourth-order valence-corrected chi connectivity index (χ4v) is 10.9. The lowest BCUT2D eigenvalue weighted by atomic mass is 10.1. The summed E-state index contributed by atoms with van der Waals surface area (Å²) < 4.78 is 88.4. The topological polar surface area (TPSA) is 324 Å². The first-order valence-electron chi connectivity index (χ1n) is 17.8. The number of nitrogens with zero attached hydrogens (tertiary/aromatic N) is 10. The Morgan fingerprint density at radius 2 is 1.88 bits per heavy atom. The summed E-state index contributed by atoms with van der Waals surface area (Å²) in [4.78, 5) is 50.2. The molecule has 3 fully saturated rings. The SMILES string of the molecule is [N-]=[N+]=NCCCC(=O)Oc1ccc(CS[P@@]2(=O)OC[C@H]3O[C@@H](n4cnc5c(=O)[nH]c(N)nc54)[C@H](F)[C@@H]3O[PH](=O)OC[C@H]3O[C@@H](n4cnc5c(N)ncnc54)C[C@@H]3O2)cc1. The molecule has 3 aliphatic heterocycles. The van der Waals surface area contributed by atoms with Crippen LogP contribution in [0.5, 0.6) is 5.75 Å². The molecule has 8 rings (SSSR count). The Kier molecular flexibility index (Phi) is 12.0. The number of benzene rings is 1. The van der Waals surface area contributed by atoms with Crippen LogP contribution in [0.25, 0.3) is 32.8 Å². The highest BCUT2D eigenvalue weighted by Gasteiger charge is 2.51. The number of hydrogen-bond donors (Lipinski definition) is 3. The molecule has 5 aromatic rings. The summed E-state index contributed by atoms with van der Waals surface area (Å²) in [7, 11) is -3.45. The number of hydrogen-bond acceptors (Lipinski definition) is 20. The number of aromatic amines is 1. The lowest BCUT2D eigenvalue weighted by Gasteiger charge is -2.27. The zero-order valence-electron chi connectivity index (χ0n) is 30.4. The van der Waals surface area contributed by atoms with Gasteiger partial charge in [0.1, 0.15) is 48.2 Å². The number of carbonyl (C=O) groups excluding carboxylic acids is 1. The van der Waals surface area contributed by atoms with Gasteiger partial charge in [-0.2, -0.15) is 4.98 Å². The first kappa shape index (κ1) is 40.8. The van der Waals surface area contributed by atoms with Crippen molar-refractivity contribution in [1.82, 2.24) is 39.0 Å². The molecule has 0 saturated carbocycles. The molecule has 28 heteroatoms. The Labute approximate surface area is 335 Å². The van der Waals surface area contributed by atoms with Crippen molar-refractivity contribution < 1.29 is 50.6 Å². The van der Waals surface area contributed by atoms with Crippen LogP contribution in [-0.2, 0) is 47.2 Å². The highest BCUT2D eigenvalue weighted by atomic mass is 32.7. The fraction of sp³-hybridized carbons (Fsp3) is 0.452. The molecule has 4 aromatic heterocycles. The van der Waals surface area contributed by atoms with Crippen LogP contribution in [0.3, 0.4) is 0 Å². The van der Waals surface area contributed by atoms with Crippen molar-refractivity contribution in [2.45, 2.75) is 68.1 Å². The quantitative estimate of drug-likeness (QED) is 0.0341. The van der Waals surface area contributed by atoms with Crippen LogP contribution in [0.4, 0.5) is 16.2 Å². The van der Waals surface area contributed by atoms with E-state index in [0.29, 0.717) is 23.1 Å². The Morgan fingerprint density at radius 1 is 1.08 bits per heavy atom. The van der Waals surface area contributed by atoms with Gasteiger partial charge in [-0.05, 0) is 41.0 Å². The number of halogens is 1. The molecule has 24 nitrogen and oxygen atoms in total. The number of alkyl halides is 1. The van der Waals surface area contributed by atoms with Crippen LogP contribution in [0, 0.1) is 0 Å². The summed E-state index contributed by atoms with van der Waals surface area (Å²) in [5, 5.41) is 3.39. The molecule has 0 aliphatic carbocycles. The summed E-state index contributed by atoms with van der Waals surface area (Å²) in [5.74, 6) is -0.284. The molecule has 0 spiro atoms. The predicted molar refractivity (Wildman–Crippen MR) is 205 cm³/mol. The largest absolute Gasteiger partial charge is 0.427 e. The van der Waals surface area contributed by atoms with Crippen molar-refractivity contribution in [2.75, 3.05) is 31.2 Å². The summed E-state index contributed by atoms with van der Waals surface area (Å²) >= 11 is 0.818. The third-order valence-corrected chi connectivity index (χ3v) is 13.9. The van der Waals surface area contributed by atoms with E-state index in [1.54, 1.807) is 28.8 Å². The summed E-state index contributed by atoms with van der Waals surface area (Å²) in [5.41, 5.74) is 20.6. The molecule has 1 aromatic carbocycles. The molecule has 312 valence electrons. The molecule has 3 aliphatic rings. The summed E-state index contributed by atoms with van der Waals surface area (Å²) in [6, 6.07) is 6.43. The van der Waals surface area contributed by atoms with Crippen LogP contribution in [0.1, 0.15) is 37.3 Å². The molecule has 0 bridgehead atoms. The number of nitrogens with two attached hydrogens (primary N) is 2. The normalized spacial score (nSPS) is 28.6. The number of fused-ring (bicyclic) bond motifs is 4. The van der Waals surface area contributed by atoms with Crippen LogP contribution in [0.15, 0.2) is 53.2 Å². The number of imidazole rings is 2. The Bertz CT molecular complexity index is 2540. The van der Waals surface area contributed by atoms with E-state index < -0.39 is 82.8 Å². The zero-order valence-corrected chi connectivity index (χ0v) is 33.1. The number of nitrogens with one attached hydrogen (secondary N) is 1. The predicted octanol–water partition coefficient (Wildman–Crippen LogP) is 3.89. The number of anilines is 2. The second-order valence-electron chi connectivity index (χ2n) is 13.2. The average Bonchev–Trinajstić information content (AvgIpc) is 4.00. The molecular weight excluding hydrogens is 843 g/mol. The van der Waals surface area contributed by atoms with Crippen LogP contribution in [0.2, 0.25) is 0 Å². The number of aromatic nitrogens is 8. The van der Waals surface area contributed by atoms with Crippen molar-refractivity contribution in [3.8, 4) is 5.75 Å². The van der Waals surface area contributed by atoms with Crippen molar-refractivity contribution in [2.24, 2.45) is 5.11 Å². The first-order chi connectivity index (χ1) is 28.5. The van der Waals surface area contributed by atoms with Gasteiger partial charge in [-0.3, -0.25) is 37.3 Å².